The highest BCUT2D eigenvalue weighted by Crippen LogP contribution is 2.44. The molecule has 10 nitrogen and oxygen atoms in total. The van der Waals surface area contributed by atoms with E-state index in [2.05, 4.69) is 5.32 Å². The number of amides is 2. The van der Waals surface area contributed by atoms with Gasteiger partial charge in [-0.25, -0.2) is 8.42 Å². The summed E-state index contributed by atoms with van der Waals surface area (Å²) in [6.07, 6.45) is 2.37. The first-order valence-corrected chi connectivity index (χ1v) is 15.2. The Morgan fingerprint density at radius 3 is 2.38 bits per heavy atom. The highest BCUT2D eigenvalue weighted by molar-refractivity contribution is 7.92. The topological polar surface area (TPSA) is 145 Å². The van der Waals surface area contributed by atoms with E-state index < -0.39 is 39.0 Å². The second-order valence-electron chi connectivity index (χ2n) is 10.5. The van der Waals surface area contributed by atoms with Gasteiger partial charge in [0, 0.05) is 23.7 Å². The zero-order chi connectivity index (χ0) is 30.0. The first kappa shape index (κ1) is 29.1. The summed E-state index contributed by atoms with van der Waals surface area (Å²) in [4.78, 5) is 40.4. The first-order chi connectivity index (χ1) is 20.2. The SMILES string of the molecule is COc1ccc([C@H](Nc2cccc(C(N)=O)c2)C(=O)N2CC[C@H](C=O)[C@@H]2c2ccccc2S(=O)(=O)C2CC2)cc1OC. The van der Waals surface area contributed by atoms with Gasteiger partial charge in [0.1, 0.15) is 12.3 Å². The van der Waals surface area contributed by atoms with Crippen LogP contribution in [0.5, 0.6) is 11.5 Å². The molecular formula is C31H33N3O7S. The van der Waals surface area contributed by atoms with E-state index in [0.29, 0.717) is 47.6 Å². The normalized spacial score (nSPS) is 19.1. The smallest absolute Gasteiger partial charge is 0.250 e. The Kier molecular flexibility index (Phi) is 8.22. The molecule has 0 radical (unpaired) electrons. The van der Waals surface area contributed by atoms with E-state index in [1.54, 1.807) is 71.6 Å². The molecule has 5 rings (SSSR count). The number of ether oxygens (including phenoxy) is 2. The zero-order valence-corrected chi connectivity index (χ0v) is 24.2. The fraction of sp³-hybridized carbons (Fsp3) is 0.323. The van der Waals surface area contributed by atoms with Gasteiger partial charge in [0.15, 0.2) is 21.3 Å². The molecule has 1 aliphatic carbocycles. The molecule has 1 saturated heterocycles. The van der Waals surface area contributed by atoms with Gasteiger partial charge < -0.3 is 30.2 Å². The highest BCUT2D eigenvalue weighted by atomic mass is 32.2. The second-order valence-corrected chi connectivity index (χ2v) is 12.7. The predicted octanol–water partition coefficient (Wildman–Crippen LogP) is 3.68. The molecule has 1 heterocycles. The third-order valence-electron chi connectivity index (χ3n) is 7.86. The number of likely N-dealkylation sites (tertiary alicyclic amines) is 1. The quantitative estimate of drug-likeness (QED) is 0.321. The number of methoxy groups -OCH3 is 2. The van der Waals surface area contributed by atoms with Crippen LogP contribution in [0.2, 0.25) is 0 Å². The third kappa shape index (κ3) is 5.56. The van der Waals surface area contributed by atoms with Gasteiger partial charge in [-0.3, -0.25) is 9.59 Å². The number of carbonyl (C=O) groups is 3. The van der Waals surface area contributed by atoms with Crippen LogP contribution in [0, 0.1) is 5.92 Å². The largest absolute Gasteiger partial charge is 0.493 e. The Morgan fingerprint density at radius 2 is 1.71 bits per heavy atom. The minimum Gasteiger partial charge on any atom is -0.493 e. The van der Waals surface area contributed by atoms with Gasteiger partial charge in [0.25, 0.3) is 0 Å². The number of benzene rings is 3. The van der Waals surface area contributed by atoms with E-state index >= 15 is 0 Å². The van der Waals surface area contributed by atoms with Gasteiger partial charge in [-0.1, -0.05) is 30.3 Å². The fourth-order valence-electron chi connectivity index (χ4n) is 5.56. The molecule has 2 aliphatic rings. The summed E-state index contributed by atoms with van der Waals surface area (Å²) < 4.78 is 37.6. The molecule has 1 aliphatic heterocycles. The molecule has 0 unspecified atom stereocenters. The minimum absolute atomic E-state index is 0.161. The second kappa shape index (κ2) is 11.8. The van der Waals surface area contributed by atoms with Crippen LogP contribution in [0.4, 0.5) is 5.69 Å². The summed E-state index contributed by atoms with van der Waals surface area (Å²) in [7, 11) is -0.609. The van der Waals surface area contributed by atoms with E-state index in [0.717, 1.165) is 6.29 Å². The molecule has 0 aromatic heterocycles. The van der Waals surface area contributed by atoms with Crippen LogP contribution in [0.25, 0.3) is 0 Å². The van der Waals surface area contributed by atoms with Crippen LogP contribution in [0.3, 0.4) is 0 Å². The minimum atomic E-state index is -3.61. The Hall–Kier alpha value is -4.38. The summed E-state index contributed by atoms with van der Waals surface area (Å²) in [5.74, 6) is -0.699. The molecule has 2 amide bonds. The van der Waals surface area contributed by atoms with E-state index in [1.165, 1.54) is 14.2 Å². The zero-order valence-electron chi connectivity index (χ0n) is 23.4. The lowest BCUT2D eigenvalue weighted by atomic mass is 9.94. The van der Waals surface area contributed by atoms with Crippen molar-refractivity contribution in [2.45, 2.75) is 41.5 Å². The maximum Gasteiger partial charge on any atom is 0.250 e. The van der Waals surface area contributed by atoms with Crippen LogP contribution >= 0.6 is 0 Å². The molecule has 3 N–H and O–H groups in total. The highest BCUT2D eigenvalue weighted by Gasteiger charge is 2.45. The van der Waals surface area contributed by atoms with Gasteiger partial charge in [-0.05, 0) is 66.8 Å². The molecule has 11 heteroatoms. The number of aldehydes is 1. The van der Waals surface area contributed by atoms with Crippen LogP contribution in [-0.4, -0.2) is 57.4 Å². The summed E-state index contributed by atoms with van der Waals surface area (Å²) in [6.45, 7) is 0.248. The molecule has 3 aromatic carbocycles. The molecule has 3 aromatic rings. The van der Waals surface area contributed by atoms with Gasteiger partial charge in [-0.15, -0.1) is 0 Å². The lowest BCUT2D eigenvalue weighted by molar-refractivity contribution is -0.133. The van der Waals surface area contributed by atoms with Crippen LogP contribution < -0.4 is 20.5 Å². The number of hydrogen-bond acceptors (Lipinski definition) is 8. The maximum absolute atomic E-state index is 14.5. The summed E-state index contributed by atoms with van der Waals surface area (Å²) in [6, 6.07) is 16.4. The van der Waals surface area contributed by atoms with Gasteiger partial charge in [0.05, 0.1) is 30.4 Å². The monoisotopic (exact) mass is 591 g/mol. The standard InChI is InChI=1S/C31H33N3O7S/c1-40-25-13-10-19(17-26(25)41-2)28(33-22-7-5-6-20(16-22)30(32)36)31(37)34-15-14-21(18-35)29(34)24-8-3-4-9-27(24)42(38,39)23-11-12-23/h3-10,13,16-18,21,23,28-29,33H,11-12,14-15H2,1-2H3,(H2,32,36)/t21-,28+,29-/m1/s1. The average Bonchev–Trinajstić information content (AvgIpc) is 3.79. The van der Waals surface area contributed by atoms with E-state index in [-0.39, 0.29) is 22.9 Å². The number of sulfone groups is 1. The Morgan fingerprint density at radius 1 is 0.976 bits per heavy atom. The Balaban J connectivity index is 1.59. The van der Waals surface area contributed by atoms with Crippen molar-refractivity contribution in [2.24, 2.45) is 11.7 Å². The fourth-order valence-corrected chi connectivity index (χ4v) is 7.46. The molecule has 220 valence electrons. The number of nitrogens with zero attached hydrogens (tertiary/aromatic N) is 1. The number of anilines is 1. The van der Waals surface area contributed by atoms with Crippen molar-refractivity contribution in [1.82, 2.24) is 4.90 Å². The van der Waals surface area contributed by atoms with Crippen molar-refractivity contribution in [3.8, 4) is 11.5 Å². The van der Waals surface area contributed by atoms with E-state index in [4.69, 9.17) is 15.2 Å². The Bertz CT molecular complexity index is 1620. The number of primary amides is 1. The number of hydrogen-bond donors (Lipinski definition) is 2. The third-order valence-corrected chi connectivity index (χ3v) is 10.2. The van der Waals surface area contributed by atoms with Gasteiger partial charge in [0.2, 0.25) is 11.8 Å². The molecule has 0 spiro atoms. The summed E-state index contributed by atoms with van der Waals surface area (Å²) in [5, 5.41) is 2.79. The number of rotatable bonds is 11. The summed E-state index contributed by atoms with van der Waals surface area (Å²) in [5.41, 5.74) is 7.20. The molecular weight excluding hydrogens is 558 g/mol. The van der Waals surface area contributed by atoms with Crippen LogP contribution in [-0.2, 0) is 19.4 Å². The molecule has 0 bridgehead atoms. The molecule has 42 heavy (non-hydrogen) atoms. The number of nitrogens with two attached hydrogens (primary N) is 1. The number of nitrogens with one attached hydrogen (secondary N) is 1. The van der Waals surface area contributed by atoms with Crippen LogP contribution in [0.15, 0.2) is 71.6 Å². The van der Waals surface area contributed by atoms with Crippen LogP contribution in [0.1, 0.15) is 52.8 Å². The summed E-state index contributed by atoms with van der Waals surface area (Å²) >= 11 is 0. The lowest BCUT2D eigenvalue weighted by Crippen LogP contribution is -2.39. The van der Waals surface area contributed by atoms with Crippen molar-refractivity contribution in [3.05, 3.63) is 83.4 Å². The van der Waals surface area contributed by atoms with Crippen molar-refractivity contribution in [3.63, 3.8) is 0 Å². The average molecular weight is 592 g/mol. The van der Waals surface area contributed by atoms with Gasteiger partial charge >= 0.3 is 0 Å². The van der Waals surface area contributed by atoms with Crippen molar-refractivity contribution in [2.75, 3.05) is 26.1 Å². The molecule has 3 atom stereocenters. The van der Waals surface area contributed by atoms with E-state index in [1.807, 2.05) is 0 Å². The molecule has 2 fully saturated rings. The number of carbonyl (C=O) groups excluding carboxylic acids is 3. The lowest BCUT2D eigenvalue weighted by Gasteiger charge is -2.32. The van der Waals surface area contributed by atoms with Gasteiger partial charge in [-0.2, -0.15) is 0 Å². The van der Waals surface area contributed by atoms with Crippen molar-refractivity contribution >= 4 is 33.6 Å². The predicted molar refractivity (Wildman–Crippen MR) is 156 cm³/mol. The van der Waals surface area contributed by atoms with Crippen molar-refractivity contribution < 1.29 is 32.3 Å². The van der Waals surface area contributed by atoms with Crippen molar-refractivity contribution in [1.29, 1.82) is 0 Å². The Labute approximate surface area is 244 Å². The van der Waals surface area contributed by atoms with E-state index in [9.17, 15) is 22.8 Å². The molecule has 1 saturated carbocycles. The maximum atomic E-state index is 14.5. The first-order valence-electron chi connectivity index (χ1n) is 13.7.